The summed E-state index contributed by atoms with van der Waals surface area (Å²) in [5.74, 6) is 1.16. The maximum atomic E-state index is 9.69. The van der Waals surface area contributed by atoms with E-state index in [-0.39, 0.29) is 5.75 Å². The van der Waals surface area contributed by atoms with Crippen LogP contribution in [-0.2, 0) is 0 Å². The lowest BCUT2D eigenvalue weighted by atomic mass is 10.1. The molecule has 0 spiro atoms. The Labute approximate surface area is 185 Å². The van der Waals surface area contributed by atoms with Crippen LogP contribution in [0.4, 0.5) is 5.69 Å². The Balaban J connectivity index is 1.34. The van der Waals surface area contributed by atoms with Gasteiger partial charge in [0.15, 0.2) is 0 Å². The molecule has 6 rings (SSSR count). The number of anilines is 1. The normalized spacial score (nSPS) is 15.1. The summed E-state index contributed by atoms with van der Waals surface area (Å²) < 4.78 is 1.80. The summed E-state index contributed by atoms with van der Waals surface area (Å²) in [5.41, 5.74) is 4.15. The van der Waals surface area contributed by atoms with Crippen molar-refractivity contribution in [1.82, 2.24) is 24.9 Å². The third-order valence-electron chi connectivity index (χ3n) is 6.33. The van der Waals surface area contributed by atoms with E-state index in [4.69, 9.17) is 0 Å². The van der Waals surface area contributed by atoms with E-state index in [1.54, 1.807) is 16.8 Å². The van der Waals surface area contributed by atoms with Gasteiger partial charge in [0.25, 0.3) is 0 Å². The topological polar surface area (TPSA) is 73.2 Å². The summed E-state index contributed by atoms with van der Waals surface area (Å²) in [7, 11) is 2.17. The average molecular weight is 425 g/mol. The monoisotopic (exact) mass is 424 g/mol. The van der Waals surface area contributed by atoms with Crippen LogP contribution in [0.2, 0.25) is 0 Å². The summed E-state index contributed by atoms with van der Waals surface area (Å²) >= 11 is 0. The first-order valence-electron chi connectivity index (χ1n) is 10.9. The molecule has 2 aromatic heterocycles. The predicted octanol–water partition coefficient (Wildman–Crippen LogP) is 4.03. The Morgan fingerprint density at radius 3 is 2.59 bits per heavy atom. The predicted molar refractivity (Wildman–Crippen MR) is 128 cm³/mol. The number of likely N-dealkylation sites (N-methyl/N-ethyl adjacent to an activating group) is 1. The van der Waals surface area contributed by atoms with Gasteiger partial charge < -0.3 is 19.9 Å². The Morgan fingerprint density at radius 2 is 1.72 bits per heavy atom. The number of aromatic amines is 1. The van der Waals surface area contributed by atoms with Gasteiger partial charge in [-0.1, -0.05) is 29.5 Å². The molecule has 0 atom stereocenters. The Morgan fingerprint density at radius 1 is 0.906 bits per heavy atom. The number of piperazine rings is 1. The first-order valence-corrected chi connectivity index (χ1v) is 10.9. The molecule has 7 nitrogen and oxygen atoms in total. The molecule has 1 saturated heterocycles. The van der Waals surface area contributed by atoms with Crippen LogP contribution in [0, 0.1) is 0 Å². The van der Waals surface area contributed by atoms with Crippen LogP contribution in [0.5, 0.6) is 5.75 Å². The number of rotatable bonds is 3. The van der Waals surface area contributed by atoms with E-state index in [2.05, 4.69) is 62.5 Å². The fourth-order valence-electron chi connectivity index (χ4n) is 4.48. The number of hydrogen-bond donors (Lipinski definition) is 2. The fourth-order valence-corrected chi connectivity index (χ4v) is 4.48. The van der Waals surface area contributed by atoms with Crippen molar-refractivity contribution >= 4 is 27.4 Å². The number of phenols is 1. The minimum atomic E-state index is 0.269. The minimum Gasteiger partial charge on any atom is -0.508 e. The molecule has 160 valence electrons. The van der Waals surface area contributed by atoms with Crippen molar-refractivity contribution < 1.29 is 5.11 Å². The second-order valence-electron chi connectivity index (χ2n) is 8.48. The molecule has 32 heavy (non-hydrogen) atoms. The molecule has 1 fully saturated rings. The van der Waals surface area contributed by atoms with E-state index in [1.165, 1.54) is 11.1 Å². The van der Waals surface area contributed by atoms with Crippen molar-refractivity contribution in [2.75, 3.05) is 38.1 Å². The highest BCUT2D eigenvalue weighted by Crippen LogP contribution is 2.30. The van der Waals surface area contributed by atoms with Crippen molar-refractivity contribution in [1.29, 1.82) is 0 Å². The van der Waals surface area contributed by atoms with Gasteiger partial charge >= 0.3 is 0 Å². The highest BCUT2D eigenvalue weighted by Gasteiger charge is 2.18. The molecule has 3 aromatic carbocycles. The zero-order valence-electron chi connectivity index (χ0n) is 17.9. The molecule has 0 unspecified atom stereocenters. The summed E-state index contributed by atoms with van der Waals surface area (Å²) in [6, 6.07) is 20.0. The summed E-state index contributed by atoms with van der Waals surface area (Å²) in [6.45, 7) is 4.21. The average Bonchev–Trinajstić information content (AvgIpc) is 3.46. The molecular formula is C25H24N6O. The van der Waals surface area contributed by atoms with Gasteiger partial charge in [-0.05, 0) is 54.2 Å². The zero-order chi connectivity index (χ0) is 21.7. The van der Waals surface area contributed by atoms with Gasteiger partial charge in [0.05, 0.1) is 6.20 Å². The summed E-state index contributed by atoms with van der Waals surface area (Å²) in [4.78, 5) is 8.32. The van der Waals surface area contributed by atoms with Crippen molar-refractivity contribution in [3.63, 3.8) is 0 Å². The second kappa shape index (κ2) is 7.39. The van der Waals surface area contributed by atoms with Gasteiger partial charge in [-0.25, -0.2) is 4.68 Å². The molecule has 1 aliphatic heterocycles. The van der Waals surface area contributed by atoms with Crippen LogP contribution in [0.1, 0.15) is 0 Å². The number of phenolic OH excluding ortho intramolecular Hbond substituents is 1. The maximum absolute atomic E-state index is 9.69. The van der Waals surface area contributed by atoms with Gasteiger partial charge in [0.2, 0.25) is 0 Å². The lowest BCUT2D eigenvalue weighted by molar-refractivity contribution is 0.313. The first kappa shape index (κ1) is 18.9. The summed E-state index contributed by atoms with van der Waals surface area (Å²) in [5, 5.41) is 21.7. The van der Waals surface area contributed by atoms with Crippen LogP contribution >= 0.6 is 0 Å². The number of hydrogen-bond acceptors (Lipinski definition) is 5. The van der Waals surface area contributed by atoms with Crippen LogP contribution in [0.25, 0.3) is 38.8 Å². The van der Waals surface area contributed by atoms with Gasteiger partial charge in [-0.2, -0.15) is 0 Å². The molecule has 0 amide bonds. The third kappa shape index (κ3) is 3.27. The number of fused-ring (bicyclic) bond motifs is 2. The lowest BCUT2D eigenvalue weighted by Gasteiger charge is -2.34. The fraction of sp³-hybridized carbons (Fsp3) is 0.200. The van der Waals surface area contributed by atoms with E-state index in [1.807, 2.05) is 24.4 Å². The number of nitrogens with one attached hydrogen (secondary N) is 1. The molecule has 1 aliphatic rings. The Bertz CT molecular complexity index is 1430. The number of H-pyrrole nitrogens is 1. The number of benzene rings is 3. The molecule has 5 aromatic rings. The minimum absolute atomic E-state index is 0.269. The standard InChI is InChI=1S/C25H24N6O/c1-29-9-11-30(12-10-29)24-4-2-3-22-21(24)15-25(26-22)31-16-23(27-28-31)19-6-5-18-14-20(32)8-7-17(18)13-19/h2-8,13-16,26,32H,9-12H2,1H3. The molecule has 0 bridgehead atoms. The van der Waals surface area contributed by atoms with Crippen molar-refractivity contribution in [3.8, 4) is 22.8 Å². The maximum Gasteiger partial charge on any atom is 0.134 e. The van der Waals surface area contributed by atoms with E-state index >= 15 is 0 Å². The summed E-state index contributed by atoms with van der Waals surface area (Å²) in [6.07, 6.45) is 1.95. The van der Waals surface area contributed by atoms with Crippen LogP contribution in [0.3, 0.4) is 0 Å². The number of aromatic nitrogens is 4. The van der Waals surface area contributed by atoms with Crippen molar-refractivity contribution in [3.05, 3.63) is 66.9 Å². The van der Waals surface area contributed by atoms with Crippen LogP contribution in [-0.4, -0.2) is 63.2 Å². The SMILES string of the molecule is CN1CCN(c2cccc3[nH]c(-n4cc(-c5ccc6cc(O)ccc6c5)nn4)cc23)CC1. The number of nitrogens with zero attached hydrogens (tertiary/aromatic N) is 5. The van der Waals surface area contributed by atoms with E-state index in [0.29, 0.717) is 0 Å². The molecule has 7 heteroatoms. The quantitative estimate of drug-likeness (QED) is 0.458. The Hall–Kier alpha value is -3.84. The molecule has 2 N–H and O–H groups in total. The van der Waals surface area contributed by atoms with Crippen molar-refractivity contribution in [2.24, 2.45) is 0 Å². The smallest absolute Gasteiger partial charge is 0.134 e. The lowest BCUT2D eigenvalue weighted by Crippen LogP contribution is -2.44. The number of aromatic hydroxyl groups is 1. The highest BCUT2D eigenvalue weighted by atomic mass is 16.3. The zero-order valence-corrected chi connectivity index (χ0v) is 17.9. The van der Waals surface area contributed by atoms with E-state index < -0.39 is 0 Å². The van der Waals surface area contributed by atoms with Gasteiger partial charge in [-0.15, -0.1) is 5.10 Å². The molecular weight excluding hydrogens is 400 g/mol. The van der Waals surface area contributed by atoms with Gasteiger partial charge in [0, 0.05) is 48.3 Å². The molecule has 0 radical (unpaired) electrons. The largest absolute Gasteiger partial charge is 0.508 e. The van der Waals surface area contributed by atoms with Crippen molar-refractivity contribution in [2.45, 2.75) is 0 Å². The van der Waals surface area contributed by atoms with Crippen LogP contribution < -0.4 is 4.90 Å². The molecule has 3 heterocycles. The molecule has 0 aliphatic carbocycles. The first-order chi connectivity index (χ1) is 15.6. The third-order valence-corrected chi connectivity index (χ3v) is 6.33. The Kier molecular flexibility index (Phi) is 4.36. The van der Waals surface area contributed by atoms with E-state index in [9.17, 15) is 5.11 Å². The van der Waals surface area contributed by atoms with Crippen LogP contribution in [0.15, 0.2) is 66.9 Å². The van der Waals surface area contributed by atoms with Gasteiger partial charge in [-0.3, -0.25) is 0 Å². The van der Waals surface area contributed by atoms with E-state index in [0.717, 1.165) is 59.5 Å². The molecule has 0 saturated carbocycles. The van der Waals surface area contributed by atoms with Gasteiger partial charge in [0.1, 0.15) is 17.3 Å². The second-order valence-corrected chi connectivity index (χ2v) is 8.48. The highest BCUT2D eigenvalue weighted by molar-refractivity contribution is 5.94.